The second-order valence-electron chi connectivity index (χ2n) is 6.02. The van der Waals surface area contributed by atoms with E-state index in [1.54, 1.807) is 0 Å². The molecule has 0 saturated carbocycles. The number of morpholine rings is 1. The summed E-state index contributed by atoms with van der Waals surface area (Å²) in [6.45, 7) is 6.07. The third kappa shape index (κ3) is 5.18. The SMILES string of the molecule is Cl.O=C(NCc1ccccc1CN1CCOCC1)C1CCCN1. The Hall–Kier alpha value is -1.14. The van der Waals surface area contributed by atoms with E-state index in [2.05, 4.69) is 33.7 Å². The fourth-order valence-corrected chi connectivity index (χ4v) is 3.10. The molecule has 0 aliphatic carbocycles. The van der Waals surface area contributed by atoms with E-state index in [4.69, 9.17) is 4.74 Å². The van der Waals surface area contributed by atoms with Gasteiger partial charge < -0.3 is 15.4 Å². The summed E-state index contributed by atoms with van der Waals surface area (Å²) in [7, 11) is 0. The summed E-state index contributed by atoms with van der Waals surface area (Å²) in [6.07, 6.45) is 2.03. The standard InChI is InChI=1S/C17H25N3O2.ClH/c21-17(16-6-3-7-18-16)19-12-14-4-1-2-5-15(14)13-20-8-10-22-11-9-20;/h1-2,4-5,16,18H,3,6-13H2,(H,19,21);1H. The van der Waals surface area contributed by atoms with E-state index in [1.165, 1.54) is 11.1 Å². The Bertz CT molecular complexity index is 500. The van der Waals surface area contributed by atoms with Crippen LogP contribution in [0.1, 0.15) is 24.0 Å². The first-order valence-electron chi connectivity index (χ1n) is 8.21. The van der Waals surface area contributed by atoms with Crippen LogP contribution in [0.5, 0.6) is 0 Å². The van der Waals surface area contributed by atoms with Crippen molar-refractivity contribution in [3.05, 3.63) is 35.4 Å². The highest BCUT2D eigenvalue weighted by Crippen LogP contribution is 2.13. The van der Waals surface area contributed by atoms with Crippen LogP contribution in [0.2, 0.25) is 0 Å². The maximum Gasteiger partial charge on any atom is 0.237 e. The molecule has 1 amide bonds. The van der Waals surface area contributed by atoms with Crippen LogP contribution in [-0.4, -0.2) is 49.7 Å². The zero-order valence-corrected chi connectivity index (χ0v) is 14.2. The lowest BCUT2D eigenvalue weighted by Crippen LogP contribution is -2.40. The number of carbonyl (C=O) groups excluding carboxylic acids is 1. The van der Waals surface area contributed by atoms with Gasteiger partial charge in [0.1, 0.15) is 0 Å². The number of hydrogen-bond donors (Lipinski definition) is 2. The molecule has 2 saturated heterocycles. The number of ether oxygens (including phenoxy) is 1. The van der Waals surface area contributed by atoms with Crippen LogP contribution in [0.15, 0.2) is 24.3 Å². The quantitative estimate of drug-likeness (QED) is 0.849. The van der Waals surface area contributed by atoms with Crippen molar-refractivity contribution in [3.8, 4) is 0 Å². The zero-order valence-electron chi connectivity index (χ0n) is 13.4. The van der Waals surface area contributed by atoms with Crippen molar-refractivity contribution in [1.29, 1.82) is 0 Å². The fourth-order valence-electron chi connectivity index (χ4n) is 3.10. The first kappa shape index (κ1) is 18.2. The summed E-state index contributed by atoms with van der Waals surface area (Å²) >= 11 is 0. The molecule has 0 bridgehead atoms. The average Bonchev–Trinajstić information content (AvgIpc) is 3.09. The van der Waals surface area contributed by atoms with E-state index in [1.807, 2.05) is 6.07 Å². The molecule has 23 heavy (non-hydrogen) atoms. The van der Waals surface area contributed by atoms with Gasteiger partial charge in [0.15, 0.2) is 0 Å². The van der Waals surface area contributed by atoms with E-state index in [9.17, 15) is 4.79 Å². The van der Waals surface area contributed by atoms with Crippen LogP contribution in [-0.2, 0) is 22.6 Å². The monoisotopic (exact) mass is 339 g/mol. The molecular formula is C17H26ClN3O2. The Kier molecular flexibility index (Phi) is 7.30. The summed E-state index contributed by atoms with van der Waals surface area (Å²) in [6, 6.07) is 8.37. The average molecular weight is 340 g/mol. The summed E-state index contributed by atoms with van der Waals surface area (Å²) in [5, 5.41) is 6.31. The number of amides is 1. The Morgan fingerprint density at radius 2 is 2.00 bits per heavy atom. The Morgan fingerprint density at radius 3 is 2.70 bits per heavy atom. The predicted molar refractivity (Wildman–Crippen MR) is 92.7 cm³/mol. The number of halogens is 1. The van der Waals surface area contributed by atoms with Crippen molar-refractivity contribution >= 4 is 18.3 Å². The van der Waals surface area contributed by atoms with E-state index < -0.39 is 0 Å². The van der Waals surface area contributed by atoms with Gasteiger partial charge in [-0.3, -0.25) is 9.69 Å². The van der Waals surface area contributed by atoms with Crippen molar-refractivity contribution in [2.24, 2.45) is 0 Å². The van der Waals surface area contributed by atoms with Crippen LogP contribution in [0.25, 0.3) is 0 Å². The lowest BCUT2D eigenvalue weighted by molar-refractivity contribution is -0.122. The number of rotatable bonds is 5. The number of benzene rings is 1. The molecule has 0 aromatic heterocycles. The molecule has 1 unspecified atom stereocenters. The normalized spacial score (nSPS) is 21.7. The fraction of sp³-hybridized carbons (Fsp3) is 0.588. The predicted octanol–water partition coefficient (Wildman–Crippen LogP) is 1.31. The molecule has 3 rings (SSSR count). The third-order valence-electron chi connectivity index (χ3n) is 4.45. The van der Waals surface area contributed by atoms with Gasteiger partial charge in [-0.1, -0.05) is 24.3 Å². The molecular weight excluding hydrogens is 314 g/mol. The Morgan fingerprint density at radius 1 is 1.26 bits per heavy atom. The molecule has 1 aromatic carbocycles. The molecule has 2 fully saturated rings. The largest absolute Gasteiger partial charge is 0.379 e. The molecule has 6 heteroatoms. The van der Waals surface area contributed by atoms with Gasteiger partial charge in [-0.2, -0.15) is 0 Å². The molecule has 0 radical (unpaired) electrons. The second kappa shape index (κ2) is 9.23. The van der Waals surface area contributed by atoms with E-state index in [0.29, 0.717) is 6.54 Å². The molecule has 128 valence electrons. The highest BCUT2D eigenvalue weighted by molar-refractivity contribution is 5.85. The molecule has 5 nitrogen and oxygen atoms in total. The summed E-state index contributed by atoms with van der Waals surface area (Å²) in [5.74, 6) is 0.124. The Balaban J connectivity index is 0.00000192. The lowest BCUT2D eigenvalue weighted by atomic mass is 10.1. The molecule has 2 aliphatic rings. The molecule has 2 heterocycles. The minimum absolute atomic E-state index is 0. The summed E-state index contributed by atoms with van der Waals surface area (Å²) in [4.78, 5) is 14.5. The van der Waals surface area contributed by atoms with Gasteiger partial charge in [0, 0.05) is 26.2 Å². The zero-order chi connectivity index (χ0) is 15.2. The van der Waals surface area contributed by atoms with Crippen LogP contribution in [0, 0.1) is 0 Å². The molecule has 1 aromatic rings. The molecule has 2 aliphatic heterocycles. The van der Waals surface area contributed by atoms with Crippen LogP contribution in [0.3, 0.4) is 0 Å². The maximum absolute atomic E-state index is 12.1. The van der Waals surface area contributed by atoms with Crippen LogP contribution >= 0.6 is 12.4 Å². The van der Waals surface area contributed by atoms with E-state index in [-0.39, 0.29) is 24.4 Å². The molecule has 0 spiro atoms. The number of nitrogens with one attached hydrogen (secondary N) is 2. The highest BCUT2D eigenvalue weighted by atomic mass is 35.5. The topological polar surface area (TPSA) is 53.6 Å². The minimum Gasteiger partial charge on any atom is -0.379 e. The van der Waals surface area contributed by atoms with Crippen molar-refractivity contribution in [3.63, 3.8) is 0 Å². The van der Waals surface area contributed by atoms with Crippen molar-refractivity contribution in [1.82, 2.24) is 15.5 Å². The summed E-state index contributed by atoms with van der Waals surface area (Å²) < 4.78 is 5.40. The van der Waals surface area contributed by atoms with Crippen LogP contribution < -0.4 is 10.6 Å². The van der Waals surface area contributed by atoms with Crippen molar-refractivity contribution in [2.45, 2.75) is 32.0 Å². The molecule has 1 atom stereocenters. The minimum atomic E-state index is -0.00796. The van der Waals surface area contributed by atoms with Gasteiger partial charge in [-0.15, -0.1) is 12.4 Å². The van der Waals surface area contributed by atoms with Gasteiger partial charge in [-0.05, 0) is 30.5 Å². The maximum atomic E-state index is 12.1. The van der Waals surface area contributed by atoms with Gasteiger partial charge in [0.2, 0.25) is 5.91 Å². The van der Waals surface area contributed by atoms with Crippen molar-refractivity contribution in [2.75, 3.05) is 32.8 Å². The van der Waals surface area contributed by atoms with E-state index in [0.717, 1.165) is 52.2 Å². The van der Waals surface area contributed by atoms with Crippen LogP contribution in [0.4, 0.5) is 0 Å². The third-order valence-corrected chi connectivity index (χ3v) is 4.45. The first-order valence-corrected chi connectivity index (χ1v) is 8.21. The number of nitrogens with zero attached hydrogens (tertiary/aromatic N) is 1. The Labute approximate surface area is 144 Å². The lowest BCUT2D eigenvalue weighted by Gasteiger charge is -2.27. The number of carbonyl (C=O) groups is 1. The van der Waals surface area contributed by atoms with Crippen molar-refractivity contribution < 1.29 is 9.53 Å². The van der Waals surface area contributed by atoms with Gasteiger partial charge in [-0.25, -0.2) is 0 Å². The highest BCUT2D eigenvalue weighted by Gasteiger charge is 2.21. The van der Waals surface area contributed by atoms with E-state index >= 15 is 0 Å². The van der Waals surface area contributed by atoms with Gasteiger partial charge in [0.05, 0.1) is 19.3 Å². The van der Waals surface area contributed by atoms with Gasteiger partial charge >= 0.3 is 0 Å². The summed E-state index contributed by atoms with van der Waals surface area (Å²) in [5.41, 5.74) is 2.50. The second-order valence-corrected chi connectivity index (χ2v) is 6.02. The number of hydrogen-bond acceptors (Lipinski definition) is 4. The first-order chi connectivity index (χ1) is 10.8. The van der Waals surface area contributed by atoms with Gasteiger partial charge in [0.25, 0.3) is 0 Å². The smallest absolute Gasteiger partial charge is 0.237 e. The molecule has 2 N–H and O–H groups in total.